The molecule has 116 valence electrons. The summed E-state index contributed by atoms with van der Waals surface area (Å²) >= 11 is 0. The molecule has 2 aromatic rings. The van der Waals surface area contributed by atoms with E-state index >= 15 is 0 Å². The second kappa shape index (κ2) is 7.33. The van der Waals surface area contributed by atoms with Crippen LogP contribution >= 0.6 is 0 Å². The third-order valence-electron chi connectivity index (χ3n) is 3.03. The molecule has 0 aromatic heterocycles. The molecule has 0 spiro atoms. The van der Waals surface area contributed by atoms with Gasteiger partial charge in [-0.05, 0) is 36.4 Å². The van der Waals surface area contributed by atoms with Crippen LogP contribution in [0, 0.1) is 0 Å². The molecule has 0 aliphatic carbocycles. The summed E-state index contributed by atoms with van der Waals surface area (Å²) in [5.41, 5.74) is 1.87. The number of hydrogen-bond donors (Lipinski definition) is 1. The maximum absolute atomic E-state index is 12.1. The van der Waals surface area contributed by atoms with Crippen LogP contribution in [0.3, 0.4) is 0 Å². The van der Waals surface area contributed by atoms with Crippen LogP contribution in [-0.4, -0.2) is 37.4 Å². The number of rotatable bonds is 3. The van der Waals surface area contributed by atoms with Crippen LogP contribution in [0.1, 0.15) is 20.7 Å². The minimum absolute atomic E-state index is 0. The molecule has 2 aromatic carbocycles. The molecule has 0 saturated heterocycles. The predicted molar refractivity (Wildman–Crippen MR) is 83.2 cm³/mol. The van der Waals surface area contributed by atoms with Crippen LogP contribution in [0.15, 0.2) is 54.6 Å². The zero-order valence-corrected chi connectivity index (χ0v) is 14.4. The number of carbonyl (C=O) groups excluding carboxylic acids is 2. The molecule has 0 unspecified atom stereocenters. The van der Waals surface area contributed by atoms with E-state index < -0.39 is 0 Å². The monoisotopic (exact) mass is 362 g/mol. The average Bonchev–Trinajstić information content (AvgIpc) is 2.46. The molecule has 0 heterocycles. The molecule has 0 radical (unpaired) electrons. The van der Waals surface area contributed by atoms with Crippen molar-refractivity contribution in [3.05, 3.63) is 65.7 Å². The fourth-order valence-corrected chi connectivity index (χ4v) is 1.88. The van der Waals surface area contributed by atoms with E-state index in [9.17, 15) is 9.59 Å². The van der Waals surface area contributed by atoms with E-state index in [2.05, 4.69) is 5.32 Å². The Bertz CT molecular complexity index is 647. The first kappa shape index (κ1) is 18.1. The number of nitrogens with one attached hydrogen (secondary N) is 1. The van der Waals surface area contributed by atoms with E-state index in [-0.39, 0.29) is 33.3 Å². The van der Waals surface area contributed by atoms with Crippen LogP contribution in [0.5, 0.6) is 0 Å². The fraction of sp³-hybridized carbons (Fsp3) is 0.176. The number of halogens is 1. The molecule has 0 aliphatic heterocycles. The van der Waals surface area contributed by atoms with Gasteiger partial charge in [0.15, 0.2) is 0 Å². The van der Waals surface area contributed by atoms with E-state index in [0.717, 1.165) is 5.69 Å². The molecule has 5 heteroatoms. The largest absolute Gasteiger partial charge is 1.00 e. The normalized spacial score (nSPS) is 10.5. The minimum atomic E-state index is -0.189. The lowest BCUT2D eigenvalue weighted by Gasteiger charge is -2.20. The molecule has 22 heavy (non-hydrogen) atoms. The highest BCUT2D eigenvalue weighted by Crippen LogP contribution is 2.12. The van der Waals surface area contributed by atoms with Gasteiger partial charge < -0.3 is 22.3 Å². The number of hydrogen-bond acceptors (Lipinski definition) is 2. The minimum Gasteiger partial charge on any atom is -1.00 e. The third kappa shape index (κ3) is 4.51. The Balaban J connectivity index is 0.00000242. The molecule has 0 atom stereocenters. The molecule has 2 rings (SSSR count). The quantitative estimate of drug-likeness (QED) is 0.768. The number of benzene rings is 2. The SMILES string of the molecule is C[N+](C)(C)C(=O)c1ccc(C(=O)Nc2ccccc2)cc1.[Br-]. The van der Waals surface area contributed by atoms with Gasteiger partial charge in [-0.15, -0.1) is 0 Å². The summed E-state index contributed by atoms with van der Waals surface area (Å²) in [4.78, 5) is 24.2. The highest BCUT2D eigenvalue weighted by molar-refractivity contribution is 6.04. The molecule has 4 nitrogen and oxygen atoms in total. The molecular weight excluding hydrogens is 344 g/mol. The van der Waals surface area contributed by atoms with Crippen molar-refractivity contribution >= 4 is 17.5 Å². The van der Waals surface area contributed by atoms with Gasteiger partial charge in [-0.1, -0.05) is 18.2 Å². The number of amides is 2. The Hall–Kier alpha value is -1.98. The summed E-state index contributed by atoms with van der Waals surface area (Å²) in [6, 6.07) is 16.0. The lowest BCUT2D eigenvalue weighted by molar-refractivity contribution is -0.785. The Morgan fingerprint density at radius 3 is 1.82 bits per heavy atom. The van der Waals surface area contributed by atoms with E-state index in [1.165, 1.54) is 0 Å². The van der Waals surface area contributed by atoms with Gasteiger partial charge in [-0.25, -0.2) is 4.79 Å². The molecule has 1 N–H and O–H groups in total. The van der Waals surface area contributed by atoms with Crippen molar-refractivity contribution in [3.8, 4) is 0 Å². The van der Waals surface area contributed by atoms with Gasteiger partial charge in [0, 0.05) is 11.3 Å². The number of para-hydroxylation sites is 1. The molecule has 0 fully saturated rings. The van der Waals surface area contributed by atoms with Gasteiger partial charge >= 0.3 is 5.91 Å². The van der Waals surface area contributed by atoms with Gasteiger partial charge in [-0.3, -0.25) is 9.28 Å². The van der Waals surface area contributed by atoms with Crippen molar-refractivity contribution < 1.29 is 31.1 Å². The Labute approximate surface area is 141 Å². The van der Waals surface area contributed by atoms with Crippen LogP contribution in [-0.2, 0) is 0 Å². The second-order valence-corrected chi connectivity index (χ2v) is 5.72. The average molecular weight is 363 g/mol. The Morgan fingerprint density at radius 1 is 0.818 bits per heavy atom. The standard InChI is InChI=1S/C17H18N2O2.BrH/c1-19(2,3)17(21)14-11-9-13(10-12-14)16(20)18-15-7-5-4-6-8-15;/h4-12H,1-3H3;1H. The van der Waals surface area contributed by atoms with E-state index in [1.807, 2.05) is 51.5 Å². The van der Waals surface area contributed by atoms with Gasteiger partial charge in [-0.2, -0.15) is 0 Å². The van der Waals surface area contributed by atoms with Crippen molar-refractivity contribution in [2.75, 3.05) is 26.5 Å². The lowest BCUT2D eigenvalue weighted by atomic mass is 10.1. The Morgan fingerprint density at radius 2 is 1.32 bits per heavy atom. The van der Waals surface area contributed by atoms with E-state index in [1.54, 1.807) is 24.3 Å². The first-order chi connectivity index (χ1) is 9.88. The molecule has 0 aliphatic rings. The van der Waals surface area contributed by atoms with Crippen LogP contribution < -0.4 is 22.3 Å². The number of nitrogens with zero attached hydrogens (tertiary/aromatic N) is 1. The van der Waals surface area contributed by atoms with Crippen molar-refractivity contribution in [3.63, 3.8) is 0 Å². The zero-order valence-electron chi connectivity index (χ0n) is 12.8. The van der Waals surface area contributed by atoms with Crippen LogP contribution in [0.4, 0.5) is 5.69 Å². The molecular formula is C17H19BrN2O2. The van der Waals surface area contributed by atoms with Gasteiger partial charge in [0.05, 0.1) is 26.7 Å². The summed E-state index contributed by atoms with van der Waals surface area (Å²) in [6.07, 6.45) is 0. The topological polar surface area (TPSA) is 46.2 Å². The number of quaternary nitrogens is 1. The van der Waals surface area contributed by atoms with Gasteiger partial charge in [0.2, 0.25) is 0 Å². The van der Waals surface area contributed by atoms with E-state index in [0.29, 0.717) is 11.1 Å². The maximum atomic E-state index is 12.1. The smallest absolute Gasteiger partial charge is 0.345 e. The number of anilines is 1. The van der Waals surface area contributed by atoms with Crippen molar-refractivity contribution in [1.82, 2.24) is 0 Å². The zero-order chi connectivity index (χ0) is 15.5. The summed E-state index contributed by atoms with van der Waals surface area (Å²) < 4.78 is 0.218. The van der Waals surface area contributed by atoms with Gasteiger partial charge in [0.1, 0.15) is 0 Å². The third-order valence-corrected chi connectivity index (χ3v) is 3.03. The highest BCUT2D eigenvalue weighted by atomic mass is 79.9. The summed E-state index contributed by atoms with van der Waals surface area (Å²) in [7, 11) is 5.45. The number of carbonyl (C=O) groups is 2. The van der Waals surface area contributed by atoms with Crippen molar-refractivity contribution in [2.24, 2.45) is 0 Å². The van der Waals surface area contributed by atoms with Crippen LogP contribution in [0.25, 0.3) is 0 Å². The first-order valence-corrected chi connectivity index (χ1v) is 6.71. The molecule has 2 amide bonds. The second-order valence-electron chi connectivity index (χ2n) is 5.72. The maximum Gasteiger partial charge on any atom is 0.345 e. The first-order valence-electron chi connectivity index (χ1n) is 6.71. The predicted octanol–water partition coefficient (Wildman–Crippen LogP) is -0.211. The van der Waals surface area contributed by atoms with Crippen molar-refractivity contribution in [1.29, 1.82) is 0 Å². The van der Waals surface area contributed by atoms with E-state index in [4.69, 9.17) is 0 Å². The lowest BCUT2D eigenvalue weighted by Crippen LogP contribution is -3.00. The molecule has 0 saturated carbocycles. The van der Waals surface area contributed by atoms with Crippen molar-refractivity contribution in [2.45, 2.75) is 0 Å². The van der Waals surface area contributed by atoms with Crippen LogP contribution in [0.2, 0.25) is 0 Å². The molecule has 0 bridgehead atoms. The highest BCUT2D eigenvalue weighted by Gasteiger charge is 2.22. The Kier molecular flexibility index (Phi) is 6.02. The summed E-state index contributed by atoms with van der Waals surface area (Å²) in [5.74, 6) is -0.185. The van der Waals surface area contributed by atoms with Gasteiger partial charge in [0.25, 0.3) is 5.91 Å². The fourth-order valence-electron chi connectivity index (χ4n) is 1.88. The summed E-state index contributed by atoms with van der Waals surface area (Å²) in [6.45, 7) is 0. The summed E-state index contributed by atoms with van der Waals surface area (Å²) in [5, 5.41) is 2.81.